The number of carbonyl (C=O) groups is 1. The summed E-state index contributed by atoms with van der Waals surface area (Å²) in [5, 5.41) is 6.09. The van der Waals surface area contributed by atoms with Crippen LogP contribution in [0.4, 0.5) is 5.95 Å². The zero-order valence-electron chi connectivity index (χ0n) is 14.1. The predicted octanol–water partition coefficient (Wildman–Crippen LogP) is 3.33. The van der Waals surface area contributed by atoms with Gasteiger partial charge in [-0.15, -0.1) is 11.3 Å². The van der Waals surface area contributed by atoms with Gasteiger partial charge in [0.15, 0.2) is 0 Å². The molecule has 2 N–H and O–H groups in total. The first kappa shape index (κ1) is 16.5. The van der Waals surface area contributed by atoms with Crippen LogP contribution >= 0.6 is 11.3 Å². The normalized spacial score (nSPS) is 11.8. The highest BCUT2D eigenvalue weighted by molar-refractivity contribution is 7.17. The summed E-state index contributed by atoms with van der Waals surface area (Å²) in [7, 11) is 0. The number of fused-ring (bicyclic) bond motifs is 3. The Balaban J connectivity index is 1.32. The van der Waals surface area contributed by atoms with Crippen molar-refractivity contribution in [2.75, 3.05) is 18.4 Å². The fourth-order valence-corrected chi connectivity index (χ4v) is 3.89. The number of ether oxygens (including phenoxy) is 1. The highest BCUT2D eigenvalue weighted by Gasteiger charge is 2.22. The largest absolute Gasteiger partial charge is 0.488 e. The molecule has 3 aromatic rings. The SMILES string of the molecule is O=C(NCCCNc1ncccn1)c1cc2c(s1)-c1ccccc1OC2. The Bertz CT molecular complexity index is 911. The van der Waals surface area contributed by atoms with E-state index in [1.807, 2.05) is 30.3 Å². The number of nitrogens with zero attached hydrogens (tertiary/aromatic N) is 2. The van der Waals surface area contributed by atoms with Crippen molar-refractivity contribution in [3.63, 3.8) is 0 Å². The molecule has 0 aliphatic carbocycles. The minimum atomic E-state index is -0.0437. The fraction of sp³-hybridized carbons (Fsp3) is 0.211. The number of thiophene rings is 1. The van der Waals surface area contributed by atoms with E-state index in [9.17, 15) is 4.79 Å². The van der Waals surface area contributed by atoms with E-state index in [0.717, 1.165) is 33.1 Å². The molecule has 1 aliphatic rings. The highest BCUT2D eigenvalue weighted by Crippen LogP contribution is 2.42. The average molecular weight is 366 g/mol. The molecule has 0 saturated carbocycles. The minimum absolute atomic E-state index is 0.0437. The molecule has 2 aromatic heterocycles. The van der Waals surface area contributed by atoms with Gasteiger partial charge in [0, 0.05) is 41.5 Å². The van der Waals surface area contributed by atoms with Crippen molar-refractivity contribution in [3.8, 4) is 16.2 Å². The molecule has 7 heteroatoms. The van der Waals surface area contributed by atoms with Crippen LogP contribution in [0, 0.1) is 0 Å². The van der Waals surface area contributed by atoms with Crippen LogP contribution in [0.5, 0.6) is 5.75 Å². The summed E-state index contributed by atoms with van der Waals surface area (Å²) >= 11 is 1.52. The average Bonchev–Trinajstić information content (AvgIpc) is 3.13. The number of benzene rings is 1. The van der Waals surface area contributed by atoms with Gasteiger partial charge < -0.3 is 15.4 Å². The van der Waals surface area contributed by atoms with Crippen molar-refractivity contribution in [2.24, 2.45) is 0 Å². The summed E-state index contributed by atoms with van der Waals surface area (Å²) in [5.74, 6) is 1.43. The standard InChI is InChI=1S/C19H18N4O2S/c24-18(20-7-3-8-21-19-22-9-4-10-23-19)16-11-13-12-25-15-6-2-1-5-14(15)17(13)26-16/h1-2,4-6,9-11H,3,7-8,12H2,(H,20,24)(H,21,22,23). The lowest BCUT2D eigenvalue weighted by Crippen LogP contribution is -2.25. The van der Waals surface area contributed by atoms with Crippen LogP contribution in [0.3, 0.4) is 0 Å². The number of nitrogens with one attached hydrogen (secondary N) is 2. The summed E-state index contributed by atoms with van der Waals surface area (Å²) in [6.07, 6.45) is 4.18. The number of hydrogen-bond acceptors (Lipinski definition) is 6. The Kier molecular flexibility index (Phi) is 4.79. The zero-order chi connectivity index (χ0) is 17.8. The smallest absolute Gasteiger partial charge is 0.261 e. The number of carbonyl (C=O) groups excluding carboxylic acids is 1. The van der Waals surface area contributed by atoms with Crippen LogP contribution in [-0.4, -0.2) is 29.0 Å². The van der Waals surface area contributed by atoms with Gasteiger partial charge in [0.25, 0.3) is 5.91 Å². The second-order valence-corrected chi connectivity index (χ2v) is 6.91. The number of amides is 1. The molecule has 0 saturated heterocycles. The number of hydrogen-bond donors (Lipinski definition) is 2. The van der Waals surface area contributed by atoms with Crippen molar-refractivity contribution in [3.05, 3.63) is 59.2 Å². The lowest BCUT2D eigenvalue weighted by atomic mass is 10.1. The molecule has 0 spiro atoms. The monoisotopic (exact) mass is 366 g/mol. The van der Waals surface area contributed by atoms with Crippen LogP contribution in [0.1, 0.15) is 21.7 Å². The van der Waals surface area contributed by atoms with Gasteiger partial charge in [-0.05, 0) is 30.7 Å². The van der Waals surface area contributed by atoms with E-state index in [2.05, 4.69) is 20.6 Å². The van der Waals surface area contributed by atoms with E-state index in [-0.39, 0.29) is 5.91 Å². The maximum atomic E-state index is 12.4. The van der Waals surface area contributed by atoms with Gasteiger partial charge >= 0.3 is 0 Å². The molecule has 4 rings (SSSR count). The van der Waals surface area contributed by atoms with Gasteiger partial charge in [-0.3, -0.25) is 4.79 Å². The maximum Gasteiger partial charge on any atom is 0.261 e. The molecule has 0 radical (unpaired) electrons. The summed E-state index contributed by atoms with van der Waals surface area (Å²) < 4.78 is 5.75. The molecule has 0 bridgehead atoms. The van der Waals surface area contributed by atoms with E-state index in [1.165, 1.54) is 11.3 Å². The summed E-state index contributed by atoms with van der Waals surface area (Å²) in [6, 6.07) is 11.6. The number of anilines is 1. The summed E-state index contributed by atoms with van der Waals surface area (Å²) in [6.45, 7) is 1.80. The number of para-hydroxylation sites is 1. The summed E-state index contributed by atoms with van der Waals surface area (Å²) in [5.41, 5.74) is 2.13. The first-order chi connectivity index (χ1) is 12.8. The third kappa shape index (κ3) is 3.52. The molecule has 6 nitrogen and oxygen atoms in total. The third-order valence-corrected chi connectivity index (χ3v) is 5.25. The first-order valence-corrected chi connectivity index (χ1v) is 9.27. The van der Waals surface area contributed by atoms with Gasteiger partial charge in [-0.25, -0.2) is 9.97 Å². The van der Waals surface area contributed by atoms with E-state index in [1.54, 1.807) is 18.5 Å². The molecule has 1 aliphatic heterocycles. The van der Waals surface area contributed by atoms with Gasteiger partial charge in [0.2, 0.25) is 5.95 Å². The Hall–Kier alpha value is -2.93. The quantitative estimate of drug-likeness (QED) is 0.655. The Morgan fingerprint density at radius 1 is 1.15 bits per heavy atom. The van der Waals surface area contributed by atoms with E-state index in [4.69, 9.17) is 4.74 Å². The van der Waals surface area contributed by atoms with Gasteiger partial charge in [-0.2, -0.15) is 0 Å². The molecule has 1 aromatic carbocycles. The molecule has 1 amide bonds. The van der Waals surface area contributed by atoms with Gasteiger partial charge in [-0.1, -0.05) is 12.1 Å². The molecule has 0 fully saturated rings. The van der Waals surface area contributed by atoms with E-state index < -0.39 is 0 Å². The highest BCUT2D eigenvalue weighted by atomic mass is 32.1. The van der Waals surface area contributed by atoms with E-state index in [0.29, 0.717) is 25.6 Å². The van der Waals surface area contributed by atoms with Gasteiger partial charge in [0.1, 0.15) is 12.4 Å². The lowest BCUT2D eigenvalue weighted by molar-refractivity contribution is 0.0957. The Morgan fingerprint density at radius 3 is 2.88 bits per heavy atom. The number of rotatable bonds is 6. The summed E-state index contributed by atoms with van der Waals surface area (Å²) in [4.78, 5) is 22.5. The maximum absolute atomic E-state index is 12.4. The van der Waals surface area contributed by atoms with Crippen LogP contribution in [0.2, 0.25) is 0 Å². The molecule has 3 heterocycles. The second-order valence-electron chi connectivity index (χ2n) is 5.86. The topological polar surface area (TPSA) is 76.1 Å². The van der Waals surface area contributed by atoms with Crippen molar-refractivity contribution in [2.45, 2.75) is 13.0 Å². The van der Waals surface area contributed by atoms with Crippen molar-refractivity contribution >= 4 is 23.2 Å². The zero-order valence-corrected chi connectivity index (χ0v) is 14.9. The second kappa shape index (κ2) is 7.53. The molecular formula is C19H18N4O2S. The van der Waals surface area contributed by atoms with Crippen molar-refractivity contribution in [1.82, 2.24) is 15.3 Å². The molecule has 0 unspecified atom stereocenters. The van der Waals surface area contributed by atoms with Crippen molar-refractivity contribution in [1.29, 1.82) is 0 Å². The first-order valence-electron chi connectivity index (χ1n) is 8.45. The lowest BCUT2D eigenvalue weighted by Gasteiger charge is -2.16. The predicted molar refractivity (Wildman–Crippen MR) is 102 cm³/mol. The van der Waals surface area contributed by atoms with E-state index >= 15 is 0 Å². The number of aromatic nitrogens is 2. The van der Waals surface area contributed by atoms with Crippen LogP contribution in [0.15, 0.2) is 48.8 Å². The molecule has 132 valence electrons. The van der Waals surface area contributed by atoms with Crippen LogP contribution < -0.4 is 15.4 Å². The Morgan fingerprint density at radius 2 is 2.00 bits per heavy atom. The molecule has 0 atom stereocenters. The van der Waals surface area contributed by atoms with Crippen LogP contribution in [0.25, 0.3) is 10.4 Å². The van der Waals surface area contributed by atoms with Crippen LogP contribution in [-0.2, 0) is 6.61 Å². The third-order valence-electron chi connectivity index (χ3n) is 4.04. The fourth-order valence-electron chi connectivity index (χ4n) is 2.78. The minimum Gasteiger partial charge on any atom is -0.488 e. The molecular weight excluding hydrogens is 348 g/mol. The Labute approximate surface area is 155 Å². The molecule has 26 heavy (non-hydrogen) atoms. The van der Waals surface area contributed by atoms with Crippen molar-refractivity contribution < 1.29 is 9.53 Å². The van der Waals surface area contributed by atoms with Gasteiger partial charge in [0.05, 0.1) is 4.88 Å².